The van der Waals surface area contributed by atoms with Crippen LogP contribution in [-0.4, -0.2) is 31.7 Å². The quantitative estimate of drug-likeness (QED) is 0.722. The molecule has 6 heteroatoms. The van der Waals surface area contributed by atoms with E-state index in [2.05, 4.69) is 36.5 Å². The molecule has 2 aromatic carbocycles. The fourth-order valence-electron chi connectivity index (χ4n) is 3.89. The van der Waals surface area contributed by atoms with E-state index < -0.39 is 10.0 Å². The normalized spacial score (nSPS) is 16.9. The lowest BCUT2D eigenvalue weighted by molar-refractivity contribution is -0.126. The number of carbonyl (C=O) groups excluding carboxylic acids is 1. The van der Waals surface area contributed by atoms with Gasteiger partial charge in [0.1, 0.15) is 0 Å². The standard InChI is InChI=1S/C24H32N2O3S/c1-4-23(21-11-7-19(3)8-12-21)25-24(27)22-13-15-26(16-14-22)30(28,29)17-20-9-5-18(2)6-10-20/h5-12,22-23H,4,13-17H2,1-3H3,(H,25,27)/t23-/m0/s1. The van der Waals surface area contributed by atoms with Gasteiger partial charge < -0.3 is 5.32 Å². The monoisotopic (exact) mass is 428 g/mol. The number of benzene rings is 2. The van der Waals surface area contributed by atoms with E-state index in [1.165, 1.54) is 9.87 Å². The highest BCUT2D eigenvalue weighted by molar-refractivity contribution is 7.88. The van der Waals surface area contributed by atoms with Crippen molar-refractivity contribution < 1.29 is 13.2 Å². The molecule has 1 heterocycles. The summed E-state index contributed by atoms with van der Waals surface area (Å²) in [6.45, 7) is 6.88. The van der Waals surface area contributed by atoms with E-state index in [-0.39, 0.29) is 23.6 Å². The largest absolute Gasteiger partial charge is 0.349 e. The molecule has 0 aromatic heterocycles. The molecule has 30 heavy (non-hydrogen) atoms. The van der Waals surface area contributed by atoms with Crippen molar-refractivity contribution in [3.63, 3.8) is 0 Å². The summed E-state index contributed by atoms with van der Waals surface area (Å²) in [5.41, 5.74) is 4.21. The molecule has 1 N–H and O–H groups in total. The minimum absolute atomic E-state index is 0.00940. The lowest BCUT2D eigenvalue weighted by Gasteiger charge is -2.31. The second-order valence-corrected chi connectivity index (χ2v) is 10.3. The molecular formula is C24H32N2O3S. The van der Waals surface area contributed by atoms with Gasteiger partial charge in [0.25, 0.3) is 0 Å². The van der Waals surface area contributed by atoms with Gasteiger partial charge in [0.05, 0.1) is 11.8 Å². The number of nitrogens with one attached hydrogen (secondary N) is 1. The molecule has 0 saturated carbocycles. The molecule has 1 amide bonds. The summed E-state index contributed by atoms with van der Waals surface area (Å²) in [5, 5.41) is 3.16. The van der Waals surface area contributed by atoms with Crippen LogP contribution in [0.5, 0.6) is 0 Å². The average Bonchev–Trinajstić information content (AvgIpc) is 2.74. The Morgan fingerprint density at radius 1 is 1.00 bits per heavy atom. The van der Waals surface area contributed by atoms with Gasteiger partial charge in [-0.1, -0.05) is 66.6 Å². The first-order valence-electron chi connectivity index (χ1n) is 10.7. The summed E-state index contributed by atoms with van der Waals surface area (Å²) in [4.78, 5) is 12.8. The van der Waals surface area contributed by atoms with E-state index in [1.54, 1.807) is 0 Å². The van der Waals surface area contributed by atoms with E-state index >= 15 is 0 Å². The number of hydrogen-bond acceptors (Lipinski definition) is 3. The number of nitrogens with zero attached hydrogens (tertiary/aromatic N) is 1. The third-order valence-electron chi connectivity index (χ3n) is 5.89. The molecule has 2 aromatic rings. The predicted molar refractivity (Wildman–Crippen MR) is 120 cm³/mol. The van der Waals surface area contributed by atoms with E-state index in [9.17, 15) is 13.2 Å². The topological polar surface area (TPSA) is 66.5 Å². The van der Waals surface area contributed by atoms with Crippen molar-refractivity contribution in [2.75, 3.05) is 13.1 Å². The molecular weight excluding hydrogens is 396 g/mol. The zero-order valence-electron chi connectivity index (χ0n) is 18.1. The van der Waals surface area contributed by atoms with Crippen molar-refractivity contribution in [1.29, 1.82) is 0 Å². The zero-order chi connectivity index (χ0) is 21.7. The Labute approximate surface area is 180 Å². The Hall–Kier alpha value is -2.18. The molecule has 1 fully saturated rings. The van der Waals surface area contributed by atoms with Crippen molar-refractivity contribution in [3.8, 4) is 0 Å². The van der Waals surface area contributed by atoms with Gasteiger partial charge in [-0.15, -0.1) is 0 Å². The Kier molecular flexibility index (Phi) is 7.32. The smallest absolute Gasteiger partial charge is 0.223 e. The zero-order valence-corrected chi connectivity index (χ0v) is 18.9. The third-order valence-corrected chi connectivity index (χ3v) is 7.74. The van der Waals surface area contributed by atoms with E-state index in [1.807, 2.05) is 38.1 Å². The first kappa shape index (κ1) is 22.5. The molecule has 1 aliphatic heterocycles. The van der Waals surface area contributed by atoms with Crippen LogP contribution in [0, 0.1) is 19.8 Å². The average molecular weight is 429 g/mol. The molecule has 3 rings (SSSR count). The van der Waals surface area contributed by atoms with Crippen LogP contribution in [0.15, 0.2) is 48.5 Å². The van der Waals surface area contributed by atoms with Crippen molar-refractivity contribution in [3.05, 3.63) is 70.8 Å². The second kappa shape index (κ2) is 9.75. The predicted octanol–water partition coefficient (Wildman–Crippen LogP) is 4.11. The van der Waals surface area contributed by atoms with Crippen LogP contribution in [0.25, 0.3) is 0 Å². The molecule has 0 unspecified atom stereocenters. The SMILES string of the molecule is CC[C@H](NC(=O)C1CCN(S(=O)(=O)Cc2ccc(C)cc2)CC1)c1ccc(C)cc1. The lowest BCUT2D eigenvalue weighted by atomic mass is 9.95. The fraction of sp³-hybridized carbons (Fsp3) is 0.458. The number of amides is 1. The molecule has 0 bridgehead atoms. The number of carbonyl (C=O) groups is 1. The highest BCUT2D eigenvalue weighted by Crippen LogP contribution is 2.24. The molecule has 1 saturated heterocycles. The van der Waals surface area contributed by atoms with Crippen LogP contribution < -0.4 is 5.32 Å². The first-order chi connectivity index (χ1) is 14.3. The number of piperidine rings is 1. The molecule has 1 aliphatic rings. The van der Waals surface area contributed by atoms with Crippen LogP contribution >= 0.6 is 0 Å². The van der Waals surface area contributed by atoms with Gasteiger partial charge in [-0.2, -0.15) is 0 Å². The molecule has 0 radical (unpaired) electrons. The number of sulfonamides is 1. The molecule has 5 nitrogen and oxygen atoms in total. The number of aryl methyl sites for hydroxylation is 2. The maximum Gasteiger partial charge on any atom is 0.223 e. The first-order valence-corrected chi connectivity index (χ1v) is 12.3. The lowest BCUT2D eigenvalue weighted by Crippen LogP contribution is -2.44. The van der Waals surface area contributed by atoms with Crippen LogP contribution in [0.2, 0.25) is 0 Å². The number of hydrogen-bond donors (Lipinski definition) is 1. The van der Waals surface area contributed by atoms with Crippen LogP contribution in [0.3, 0.4) is 0 Å². The second-order valence-electron chi connectivity index (χ2n) is 8.30. The highest BCUT2D eigenvalue weighted by atomic mass is 32.2. The highest BCUT2D eigenvalue weighted by Gasteiger charge is 2.31. The number of rotatable bonds is 7. The maximum absolute atomic E-state index is 12.8. The summed E-state index contributed by atoms with van der Waals surface area (Å²) in [5.74, 6) is -0.108. The summed E-state index contributed by atoms with van der Waals surface area (Å²) in [7, 11) is -3.37. The molecule has 1 atom stereocenters. The van der Waals surface area contributed by atoms with E-state index in [4.69, 9.17) is 0 Å². The van der Waals surface area contributed by atoms with Gasteiger partial charge in [-0.05, 0) is 44.2 Å². The minimum Gasteiger partial charge on any atom is -0.349 e. The van der Waals surface area contributed by atoms with E-state index in [0.717, 1.165) is 23.1 Å². The fourth-order valence-corrected chi connectivity index (χ4v) is 5.46. The van der Waals surface area contributed by atoms with Gasteiger partial charge in [0.2, 0.25) is 15.9 Å². The van der Waals surface area contributed by atoms with Crippen LogP contribution in [-0.2, 0) is 20.6 Å². The van der Waals surface area contributed by atoms with Crippen LogP contribution in [0.4, 0.5) is 0 Å². The third kappa shape index (κ3) is 5.70. The summed E-state index contributed by atoms with van der Waals surface area (Å²) in [6, 6.07) is 15.8. The Morgan fingerprint density at radius 2 is 1.53 bits per heavy atom. The minimum atomic E-state index is -3.37. The van der Waals surface area contributed by atoms with E-state index in [0.29, 0.717) is 25.9 Å². The van der Waals surface area contributed by atoms with Gasteiger partial charge in [-0.25, -0.2) is 12.7 Å². The maximum atomic E-state index is 12.8. The van der Waals surface area contributed by atoms with Crippen LogP contribution in [0.1, 0.15) is 54.5 Å². The van der Waals surface area contributed by atoms with Gasteiger partial charge in [0.15, 0.2) is 0 Å². The summed E-state index contributed by atoms with van der Waals surface area (Å²) >= 11 is 0. The Balaban J connectivity index is 1.55. The summed E-state index contributed by atoms with van der Waals surface area (Å²) < 4.78 is 27.1. The van der Waals surface area contributed by atoms with Gasteiger partial charge in [-0.3, -0.25) is 4.79 Å². The van der Waals surface area contributed by atoms with Crippen molar-refractivity contribution in [1.82, 2.24) is 9.62 Å². The van der Waals surface area contributed by atoms with Crippen molar-refractivity contribution >= 4 is 15.9 Å². The summed E-state index contributed by atoms with van der Waals surface area (Å²) in [6.07, 6.45) is 1.94. The Bertz CT molecular complexity index is 945. The van der Waals surface area contributed by atoms with Crippen molar-refractivity contribution in [2.45, 2.75) is 51.8 Å². The van der Waals surface area contributed by atoms with Crippen molar-refractivity contribution in [2.24, 2.45) is 5.92 Å². The van der Waals surface area contributed by atoms with Gasteiger partial charge in [0, 0.05) is 19.0 Å². The molecule has 0 spiro atoms. The van der Waals surface area contributed by atoms with Gasteiger partial charge >= 0.3 is 0 Å². The molecule has 162 valence electrons. The Morgan fingerprint density at radius 3 is 2.07 bits per heavy atom. The molecule has 0 aliphatic carbocycles.